The Morgan fingerprint density at radius 1 is 1.04 bits per heavy atom. The van der Waals surface area contributed by atoms with Crippen LogP contribution in [0.2, 0.25) is 0 Å². The first-order valence-corrected chi connectivity index (χ1v) is 16.7. The number of anilines is 2. The molecule has 0 amide bonds. The van der Waals surface area contributed by atoms with Crippen LogP contribution in [0.1, 0.15) is 58.1 Å². The van der Waals surface area contributed by atoms with Gasteiger partial charge >= 0.3 is 6.18 Å². The highest BCUT2D eigenvalue weighted by molar-refractivity contribution is 5.58. The average molecular weight is 664 g/mol. The summed E-state index contributed by atoms with van der Waals surface area (Å²) in [6.45, 7) is 10.9. The van der Waals surface area contributed by atoms with E-state index in [4.69, 9.17) is 4.99 Å². The molecule has 2 saturated heterocycles. The first kappa shape index (κ1) is 33.7. The second kappa shape index (κ2) is 13.0. The highest BCUT2D eigenvalue weighted by Gasteiger charge is 2.52. The van der Waals surface area contributed by atoms with Crippen LogP contribution >= 0.6 is 0 Å². The number of nitrogens with zero attached hydrogens (tertiary/aromatic N) is 6. The number of fused-ring (bicyclic) bond motifs is 1. The van der Waals surface area contributed by atoms with E-state index in [2.05, 4.69) is 45.9 Å². The zero-order valence-electron chi connectivity index (χ0n) is 27.9. The van der Waals surface area contributed by atoms with Gasteiger partial charge in [0.05, 0.1) is 17.5 Å². The SMILES string of the molecule is C=CCn1c(=O)c2c(n1-c1cccc(C(C)(O)C(F)(F)F)n1)=NC(Nc1ccc(N3CCC4(CCN(C)CC4)CC3)cc1)=C(CC)CC=2. The van der Waals surface area contributed by atoms with Crippen LogP contribution < -0.4 is 26.5 Å². The van der Waals surface area contributed by atoms with Crippen molar-refractivity contribution in [2.45, 2.75) is 70.7 Å². The van der Waals surface area contributed by atoms with Crippen LogP contribution in [0, 0.1) is 5.41 Å². The van der Waals surface area contributed by atoms with E-state index in [-0.39, 0.29) is 23.4 Å². The summed E-state index contributed by atoms with van der Waals surface area (Å²) < 4.78 is 44.0. The molecule has 3 aromatic rings. The monoisotopic (exact) mass is 663 g/mol. The number of benzene rings is 1. The molecule has 3 aliphatic heterocycles. The zero-order valence-corrected chi connectivity index (χ0v) is 27.9. The number of aliphatic hydroxyl groups is 1. The van der Waals surface area contributed by atoms with Gasteiger partial charge < -0.3 is 20.2 Å². The van der Waals surface area contributed by atoms with E-state index in [1.165, 1.54) is 72.0 Å². The van der Waals surface area contributed by atoms with Gasteiger partial charge in [-0.15, -0.1) is 6.58 Å². The summed E-state index contributed by atoms with van der Waals surface area (Å²) in [6.07, 6.45) is 4.47. The Bertz CT molecular complexity index is 1870. The minimum atomic E-state index is -4.96. The largest absolute Gasteiger partial charge is 0.422 e. The van der Waals surface area contributed by atoms with Gasteiger partial charge in [-0.05, 0) is 113 Å². The van der Waals surface area contributed by atoms with Gasteiger partial charge in [0.2, 0.25) is 0 Å². The Hall–Kier alpha value is -4.16. The van der Waals surface area contributed by atoms with Crippen LogP contribution in [0.3, 0.4) is 0 Å². The molecule has 3 aliphatic rings. The third-order valence-corrected chi connectivity index (χ3v) is 10.4. The zero-order chi connectivity index (χ0) is 34.3. The molecule has 0 aliphatic carbocycles. The Kier molecular flexibility index (Phi) is 9.16. The quantitative estimate of drug-likeness (QED) is 0.336. The minimum Gasteiger partial charge on any atom is -0.375 e. The van der Waals surface area contributed by atoms with E-state index in [0.717, 1.165) is 30.4 Å². The molecule has 1 atom stereocenters. The Morgan fingerprint density at radius 3 is 2.33 bits per heavy atom. The van der Waals surface area contributed by atoms with Gasteiger partial charge in [0.1, 0.15) is 5.82 Å². The molecule has 2 N–H and O–H groups in total. The lowest BCUT2D eigenvalue weighted by Gasteiger charge is -2.46. The number of halogens is 3. The lowest BCUT2D eigenvalue weighted by Crippen LogP contribution is -2.46. The number of piperidine rings is 2. The Balaban J connectivity index is 1.32. The van der Waals surface area contributed by atoms with E-state index in [9.17, 15) is 23.1 Å². The van der Waals surface area contributed by atoms with Crippen molar-refractivity contribution in [3.8, 4) is 5.82 Å². The summed E-state index contributed by atoms with van der Waals surface area (Å²) in [4.78, 5) is 27.7. The van der Waals surface area contributed by atoms with Crippen molar-refractivity contribution >= 4 is 17.5 Å². The molecule has 5 heterocycles. The van der Waals surface area contributed by atoms with Crippen LogP contribution in [0.25, 0.3) is 11.9 Å². The van der Waals surface area contributed by atoms with E-state index in [0.29, 0.717) is 36.2 Å². The van der Waals surface area contributed by atoms with Crippen molar-refractivity contribution in [1.82, 2.24) is 19.2 Å². The molecule has 0 bridgehead atoms. The summed E-state index contributed by atoms with van der Waals surface area (Å²) in [5, 5.41) is 14.1. The van der Waals surface area contributed by atoms with Crippen molar-refractivity contribution in [2.75, 3.05) is 43.4 Å². The number of nitrogens with one attached hydrogen (secondary N) is 1. The summed E-state index contributed by atoms with van der Waals surface area (Å²) in [5.74, 6) is 0.576. The van der Waals surface area contributed by atoms with Crippen molar-refractivity contribution in [3.63, 3.8) is 0 Å². The lowest BCUT2D eigenvalue weighted by molar-refractivity contribution is -0.260. The van der Waals surface area contributed by atoms with Crippen molar-refractivity contribution in [3.05, 3.63) is 93.3 Å². The molecule has 256 valence electrons. The first-order chi connectivity index (χ1) is 22.9. The molecular weight excluding hydrogens is 619 g/mol. The number of likely N-dealkylation sites (tertiary alicyclic amines) is 1. The molecule has 0 saturated carbocycles. The normalized spacial score (nSPS) is 19.6. The van der Waals surface area contributed by atoms with Gasteiger partial charge in [0.25, 0.3) is 5.56 Å². The number of hydrogen-bond donors (Lipinski definition) is 2. The second-order valence-corrected chi connectivity index (χ2v) is 13.5. The van der Waals surface area contributed by atoms with Gasteiger partial charge in [0.15, 0.2) is 16.9 Å². The van der Waals surface area contributed by atoms with E-state index >= 15 is 0 Å². The number of pyridine rings is 1. The summed E-state index contributed by atoms with van der Waals surface area (Å²) in [7, 11) is 2.21. The number of alkyl halides is 3. The van der Waals surface area contributed by atoms with Gasteiger partial charge in [-0.1, -0.05) is 25.1 Å². The topological polar surface area (TPSA) is 90.9 Å². The third kappa shape index (κ3) is 6.35. The maximum Gasteiger partial charge on any atom is 0.422 e. The fourth-order valence-electron chi connectivity index (χ4n) is 6.98. The number of allylic oxidation sites excluding steroid dienone is 2. The van der Waals surface area contributed by atoms with Crippen molar-refractivity contribution in [1.29, 1.82) is 0 Å². The fraction of sp³-hybridized carbons (Fsp3) is 0.472. The standard InChI is InChI=1S/C36H44F3N7O2/c1-5-20-45-33(47)28-15-10-25(6-2)31(42-32(28)46(45)30-9-7-8-29(41-30)34(3,48)36(37,38)39)40-26-11-13-27(14-12-26)44-23-18-35(19-24-44)16-21-43(4)22-17-35/h5,7-9,11-15,40,48H,1,6,10,16-24H2,2-4H3. The van der Waals surface area contributed by atoms with Crippen LogP contribution in [-0.4, -0.2) is 63.8 Å². The number of rotatable bonds is 8. The molecule has 2 aromatic heterocycles. The van der Waals surface area contributed by atoms with Crippen molar-refractivity contribution in [2.24, 2.45) is 10.4 Å². The number of aromatic nitrogens is 3. The molecule has 1 unspecified atom stereocenters. The van der Waals surface area contributed by atoms with Crippen LogP contribution in [-0.2, 0) is 12.1 Å². The molecular formula is C36H44F3N7O2. The summed E-state index contributed by atoms with van der Waals surface area (Å²) in [5.41, 5.74) is -0.473. The predicted molar refractivity (Wildman–Crippen MR) is 182 cm³/mol. The molecule has 9 nitrogen and oxygen atoms in total. The maximum atomic E-state index is 13.7. The Labute approximate surface area is 278 Å². The van der Waals surface area contributed by atoms with Crippen molar-refractivity contribution < 1.29 is 18.3 Å². The molecule has 48 heavy (non-hydrogen) atoms. The minimum absolute atomic E-state index is 0.0154. The lowest BCUT2D eigenvalue weighted by atomic mass is 9.71. The Morgan fingerprint density at radius 2 is 1.71 bits per heavy atom. The van der Waals surface area contributed by atoms with Gasteiger partial charge in [-0.2, -0.15) is 13.2 Å². The van der Waals surface area contributed by atoms with E-state index in [1.54, 1.807) is 6.08 Å². The molecule has 12 heteroatoms. The smallest absolute Gasteiger partial charge is 0.375 e. The van der Waals surface area contributed by atoms with Gasteiger partial charge in [-0.3, -0.25) is 4.79 Å². The van der Waals surface area contributed by atoms with Crippen LogP contribution in [0.4, 0.5) is 24.5 Å². The fourth-order valence-corrected chi connectivity index (χ4v) is 6.98. The predicted octanol–water partition coefficient (Wildman–Crippen LogP) is 4.84. The molecule has 1 aromatic carbocycles. The number of hydrogen-bond acceptors (Lipinski definition) is 7. The maximum absolute atomic E-state index is 13.7. The average Bonchev–Trinajstić information content (AvgIpc) is 3.20. The van der Waals surface area contributed by atoms with E-state index < -0.39 is 17.5 Å². The first-order valence-electron chi connectivity index (χ1n) is 16.7. The van der Waals surface area contributed by atoms with Gasteiger partial charge in [-0.25, -0.2) is 19.3 Å². The van der Waals surface area contributed by atoms with E-state index in [1.807, 2.05) is 19.1 Å². The molecule has 6 rings (SSSR count). The molecule has 2 fully saturated rings. The van der Waals surface area contributed by atoms with Crippen LogP contribution in [0.15, 0.2) is 76.3 Å². The van der Waals surface area contributed by atoms with Gasteiger partial charge in [0, 0.05) is 24.5 Å². The van der Waals surface area contributed by atoms with Crippen LogP contribution in [0.5, 0.6) is 0 Å². The third-order valence-electron chi connectivity index (χ3n) is 10.4. The summed E-state index contributed by atoms with van der Waals surface area (Å²) >= 11 is 0. The molecule has 1 spiro atoms. The highest BCUT2D eigenvalue weighted by atomic mass is 19.4. The highest BCUT2D eigenvalue weighted by Crippen LogP contribution is 2.42. The molecule has 0 radical (unpaired) electrons. The second-order valence-electron chi connectivity index (χ2n) is 13.5. The summed E-state index contributed by atoms with van der Waals surface area (Å²) in [6, 6.07) is 12.3.